The zero-order valence-corrected chi connectivity index (χ0v) is 22.2. The summed E-state index contributed by atoms with van der Waals surface area (Å²) in [7, 11) is 0. The number of aliphatic hydroxyl groups excluding tert-OH is 1. The van der Waals surface area contributed by atoms with Gasteiger partial charge in [0, 0.05) is 0 Å². The largest absolute Gasteiger partial charge is 0.481 e. The van der Waals surface area contributed by atoms with Gasteiger partial charge in [-0.3, -0.25) is 4.79 Å². The van der Waals surface area contributed by atoms with E-state index in [4.69, 9.17) is 0 Å². The van der Waals surface area contributed by atoms with Crippen LogP contribution < -0.4 is 0 Å². The van der Waals surface area contributed by atoms with Crippen LogP contribution in [0, 0.1) is 56.7 Å². The van der Waals surface area contributed by atoms with Crippen molar-refractivity contribution in [1.82, 2.24) is 0 Å². The topological polar surface area (TPSA) is 57.5 Å². The van der Waals surface area contributed by atoms with Crippen molar-refractivity contribution in [2.24, 2.45) is 56.7 Å². The van der Waals surface area contributed by atoms with Crippen LogP contribution in [-0.4, -0.2) is 22.3 Å². The molecule has 3 nitrogen and oxygen atoms in total. The summed E-state index contributed by atoms with van der Waals surface area (Å²) in [5, 5.41) is 21.4. The second kappa shape index (κ2) is 7.11. The molecule has 0 aliphatic heterocycles. The van der Waals surface area contributed by atoms with Gasteiger partial charge >= 0.3 is 5.97 Å². The fraction of sp³-hybridized carbons (Fsp3) is 0.900. The molecule has 4 fully saturated rings. The predicted octanol–water partition coefficient (Wildman–Crippen LogP) is 7.09. The minimum Gasteiger partial charge on any atom is -0.481 e. The van der Waals surface area contributed by atoms with Gasteiger partial charge in [-0.2, -0.15) is 0 Å². The van der Waals surface area contributed by atoms with Crippen LogP contribution in [0.3, 0.4) is 0 Å². The lowest BCUT2D eigenvalue weighted by molar-refractivity contribution is -0.206. The Labute approximate surface area is 201 Å². The van der Waals surface area contributed by atoms with E-state index in [1.165, 1.54) is 18.4 Å². The molecule has 0 heterocycles. The third-order valence-electron chi connectivity index (χ3n) is 13.4. The number of rotatable bonds is 1. The SMILES string of the molecule is C[C@H]1[C@H](C)CC[C@]2(C(=O)O)CC[C@]3(C)C(=CC[C@@H]4[C@@]5(C)CC[C@@H](O)C(C)(C)[C@H]5CC[C@]43C)[C@@H]12. The van der Waals surface area contributed by atoms with Crippen molar-refractivity contribution in [1.29, 1.82) is 0 Å². The number of aliphatic hydroxyl groups is 1. The van der Waals surface area contributed by atoms with Crippen LogP contribution in [0.5, 0.6) is 0 Å². The molecule has 186 valence electrons. The van der Waals surface area contributed by atoms with Gasteiger partial charge in [-0.1, -0.05) is 60.1 Å². The van der Waals surface area contributed by atoms with Crippen molar-refractivity contribution in [3.8, 4) is 0 Å². The molecule has 0 unspecified atom stereocenters. The highest BCUT2D eigenvalue weighted by atomic mass is 16.4. The zero-order valence-electron chi connectivity index (χ0n) is 22.2. The van der Waals surface area contributed by atoms with Crippen molar-refractivity contribution in [2.75, 3.05) is 0 Å². The lowest BCUT2D eigenvalue weighted by Gasteiger charge is -2.71. The fourth-order valence-electron chi connectivity index (χ4n) is 10.8. The Kier molecular flexibility index (Phi) is 5.15. The van der Waals surface area contributed by atoms with Crippen molar-refractivity contribution in [3.05, 3.63) is 11.6 Å². The van der Waals surface area contributed by atoms with E-state index < -0.39 is 11.4 Å². The minimum atomic E-state index is -0.557. The molecule has 0 amide bonds. The molecule has 0 aromatic carbocycles. The number of hydrogen-bond donors (Lipinski definition) is 2. The Bertz CT molecular complexity index is 874. The number of fused-ring (bicyclic) bond motifs is 7. The molecule has 4 saturated carbocycles. The smallest absolute Gasteiger partial charge is 0.310 e. The molecule has 2 N–H and O–H groups in total. The van der Waals surface area contributed by atoms with E-state index in [0.29, 0.717) is 23.7 Å². The van der Waals surface area contributed by atoms with Crippen LogP contribution in [0.25, 0.3) is 0 Å². The van der Waals surface area contributed by atoms with Crippen molar-refractivity contribution >= 4 is 5.97 Å². The second-order valence-electron chi connectivity index (χ2n) is 14.5. The molecular weight excluding hydrogens is 408 g/mol. The van der Waals surface area contributed by atoms with E-state index in [2.05, 4.69) is 54.5 Å². The summed E-state index contributed by atoms with van der Waals surface area (Å²) in [6, 6.07) is 0. The molecule has 0 aromatic rings. The van der Waals surface area contributed by atoms with Crippen LogP contribution in [0.1, 0.15) is 106 Å². The molecule has 0 bridgehead atoms. The number of allylic oxidation sites excluding steroid dienone is 2. The highest BCUT2D eigenvalue weighted by molar-refractivity contribution is 5.76. The molecule has 0 radical (unpaired) electrons. The quantitative estimate of drug-likeness (QED) is 0.414. The number of aliphatic carboxylic acids is 1. The molecule has 0 aromatic heterocycles. The van der Waals surface area contributed by atoms with E-state index in [1.54, 1.807) is 0 Å². The van der Waals surface area contributed by atoms with Crippen LogP contribution in [-0.2, 0) is 4.79 Å². The van der Waals surface area contributed by atoms with Gasteiger partial charge in [-0.15, -0.1) is 0 Å². The summed E-state index contributed by atoms with van der Waals surface area (Å²) in [6.07, 6.45) is 11.6. The van der Waals surface area contributed by atoms with Gasteiger partial charge in [0.2, 0.25) is 0 Å². The normalized spacial score (nSPS) is 55.3. The molecular formula is C30H48O3. The molecule has 5 rings (SSSR count). The Morgan fingerprint density at radius 1 is 0.909 bits per heavy atom. The van der Waals surface area contributed by atoms with Crippen LogP contribution in [0.4, 0.5) is 0 Å². The number of carboxylic acid groups (broad SMARTS) is 1. The summed E-state index contributed by atoms with van der Waals surface area (Å²) >= 11 is 0. The summed E-state index contributed by atoms with van der Waals surface area (Å²) in [6.45, 7) is 17.0. The first-order valence-electron chi connectivity index (χ1n) is 13.9. The highest BCUT2D eigenvalue weighted by Gasteiger charge is 2.69. The Morgan fingerprint density at radius 3 is 2.27 bits per heavy atom. The van der Waals surface area contributed by atoms with E-state index in [9.17, 15) is 15.0 Å². The molecule has 5 aliphatic rings. The molecule has 0 spiro atoms. The Morgan fingerprint density at radius 2 is 1.61 bits per heavy atom. The van der Waals surface area contributed by atoms with Crippen LogP contribution in [0.15, 0.2) is 11.6 Å². The van der Waals surface area contributed by atoms with E-state index >= 15 is 0 Å². The summed E-state index contributed by atoms with van der Waals surface area (Å²) < 4.78 is 0. The lowest BCUT2D eigenvalue weighted by atomic mass is 9.33. The van der Waals surface area contributed by atoms with E-state index in [1.807, 2.05) is 0 Å². The van der Waals surface area contributed by atoms with Gasteiger partial charge in [-0.05, 0) is 109 Å². The summed E-state index contributed by atoms with van der Waals surface area (Å²) in [5.74, 6) is 1.82. The molecule has 0 saturated heterocycles. The Hall–Kier alpha value is -0.830. The zero-order chi connectivity index (χ0) is 24.2. The van der Waals surface area contributed by atoms with Crippen molar-refractivity contribution < 1.29 is 15.0 Å². The molecule has 5 aliphatic carbocycles. The molecule has 33 heavy (non-hydrogen) atoms. The monoisotopic (exact) mass is 456 g/mol. The molecule has 3 heteroatoms. The second-order valence-corrected chi connectivity index (χ2v) is 14.5. The first-order chi connectivity index (χ1) is 15.3. The number of carboxylic acids is 1. The van der Waals surface area contributed by atoms with Gasteiger partial charge in [-0.25, -0.2) is 0 Å². The van der Waals surface area contributed by atoms with Gasteiger partial charge in [0.15, 0.2) is 0 Å². The maximum atomic E-state index is 12.8. The highest BCUT2D eigenvalue weighted by Crippen LogP contribution is 2.75. The molecule has 10 atom stereocenters. The number of carbonyl (C=O) groups is 1. The maximum Gasteiger partial charge on any atom is 0.310 e. The Balaban J connectivity index is 1.61. The van der Waals surface area contributed by atoms with Gasteiger partial charge in [0.25, 0.3) is 0 Å². The third kappa shape index (κ3) is 2.75. The van der Waals surface area contributed by atoms with E-state index in [-0.39, 0.29) is 33.7 Å². The standard InChI is InChI=1S/C30H48O3/c1-18-10-15-30(25(32)33)17-16-28(6)20(24(30)19(18)2)8-9-22-27(5)13-12-23(31)26(3,4)21(27)11-14-29(22,28)7/h8,18-19,21-24,31H,9-17H2,1-7H3,(H,32,33)/t18-,19+,21-,22-,23-,24-,27+,28-,29-,30+/m1/s1. The third-order valence-corrected chi connectivity index (χ3v) is 13.4. The van der Waals surface area contributed by atoms with Gasteiger partial charge in [0.05, 0.1) is 11.5 Å². The van der Waals surface area contributed by atoms with E-state index in [0.717, 1.165) is 44.9 Å². The fourth-order valence-corrected chi connectivity index (χ4v) is 10.8. The van der Waals surface area contributed by atoms with Crippen molar-refractivity contribution in [2.45, 2.75) is 112 Å². The van der Waals surface area contributed by atoms with Crippen LogP contribution >= 0.6 is 0 Å². The first-order valence-corrected chi connectivity index (χ1v) is 13.9. The van der Waals surface area contributed by atoms with Gasteiger partial charge in [0.1, 0.15) is 0 Å². The maximum absolute atomic E-state index is 12.8. The lowest BCUT2D eigenvalue weighted by Crippen LogP contribution is -2.65. The van der Waals surface area contributed by atoms with Gasteiger partial charge < -0.3 is 10.2 Å². The average molecular weight is 457 g/mol. The number of hydrogen-bond acceptors (Lipinski definition) is 2. The van der Waals surface area contributed by atoms with Crippen LogP contribution in [0.2, 0.25) is 0 Å². The van der Waals surface area contributed by atoms with Crippen molar-refractivity contribution in [3.63, 3.8) is 0 Å². The summed E-state index contributed by atoms with van der Waals surface area (Å²) in [5.41, 5.74) is 1.46. The summed E-state index contributed by atoms with van der Waals surface area (Å²) in [4.78, 5) is 12.8. The average Bonchev–Trinajstić information content (AvgIpc) is 2.74. The first kappa shape index (κ1) is 23.9. The predicted molar refractivity (Wildman–Crippen MR) is 133 cm³/mol. The minimum absolute atomic E-state index is 0.0302.